The van der Waals surface area contributed by atoms with Crippen LogP contribution in [0, 0.1) is 0 Å². The van der Waals surface area contributed by atoms with Crippen LogP contribution in [0.5, 0.6) is 0 Å². The van der Waals surface area contributed by atoms with Crippen molar-refractivity contribution in [2.45, 2.75) is 18.9 Å². The van der Waals surface area contributed by atoms with Crippen molar-refractivity contribution in [1.82, 2.24) is 0 Å². The van der Waals surface area contributed by atoms with Crippen molar-refractivity contribution in [2.75, 3.05) is 6.61 Å². The van der Waals surface area contributed by atoms with E-state index in [-0.39, 0.29) is 0 Å². The number of benzene rings is 1. The molecule has 1 aromatic rings. The molecular weight excluding hydrogens is 160 g/mol. The summed E-state index contributed by atoms with van der Waals surface area (Å²) in [5.74, 6) is 0.426. The maximum Gasteiger partial charge on any atom is 0.0654 e. The molecule has 1 aliphatic rings. The summed E-state index contributed by atoms with van der Waals surface area (Å²) in [7, 11) is 0. The normalized spacial score (nSPS) is 27.5. The molecule has 0 spiro atoms. The van der Waals surface area contributed by atoms with Crippen LogP contribution in [-0.2, 0) is 4.74 Å². The number of hydrogen-bond acceptors (Lipinski definition) is 1. The first-order chi connectivity index (χ1) is 6.38. The van der Waals surface area contributed by atoms with Crippen molar-refractivity contribution in [1.29, 1.82) is 0 Å². The number of ether oxygens (including phenoxy) is 1. The summed E-state index contributed by atoms with van der Waals surface area (Å²) in [5.41, 5.74) is 1.34. The van der Waals surface area contributed by atoms with Gasteiger partial charge in [-0.1, -0.05) is 42.5 Å². The van der Waals surface area contributed by atoms with Crippen LogP contribution in [0.3, 0.4) is 0 Å². The molecule has 0 unspecified atom stereocenters. The molecule has 0 fully saturated rings. The van der Waals surface area contributed by atoms with Gasteiger partial charge in [0.05, 0.1) is 12.7 Å². The van der Waals surface area contributed by atoms with E-state index in [9.17, 15) is 0 Å². The highest BCUT2D eigenvalue weighted by Crippen LogP contribution is 2.25. The van der Waals surface area contributed by atoms with Gasteiger partial charge >= 0.3 is 0 Å². The first-order valence-corrected chi connectivity index (χ1v) is 4.71. The Kier molecular flexibility index (Phi) is 2.46. The number of hydrogen-bond donors (Lipinski definition) is 0. The van der Waals surface area contributed by atoms with Crippen molar-refractivity contribution in [3.8, 4) is 0 Å². The molecule has 1 aromatic carbocycles. The van der Waals surface area contributed by atoms with Crippen LogP contribution >= 0.6 is 0 Å². The van der Waals surface area contributed by atoms with Gasteiger partial charge in [0.25, 0.3) is 0 Å². The molecular formula is C12H14O. The zero-order valence-electron chi connectivity index (χ0n) is 7.81. The fourth-order valence-corrected chi connectivity index (χ4v) is 1.73. The summed E-state index contributed by atoms with van der Waals surface area (Å²) in [6.45, 7) is 2.88. The summed E-state index contributed by atoms with van der Waals surface area (Å²) in [4.78, 5) is 0. The van der Waals surface area contributed by atoms with Gasteiger partial charge in [0.15, 0.2) is 0 Å². The van der Waals surface area contributed by atoms with E-state index >= 15 is 0 Å². The lowest BCUT2D eigenvalue weighted by Gasteiger charge is -2.24. The molecule has 1 aliphatic heterocycles. The van der Waals surface area contributed by atoms with E-state index in [0.29, 0.717) is 12.0 Å². The van der Waals surface area contributed by atoms with E-state index in [4.69, 9.17) is 4.74 Å². The van der Waals surface area contributed by atoms with E-state index in [1.54, 1.807) is 0 Å². The molecule has 1 heteroatoms. The SMILES string of the molecule is C[C@@H]1OCC=C[C@H]1c1ccccc1. The van der Waals surface area contributed by atoms with Gasteiger partial charge in [0, 0.05) is 5.92 Å². The van der Waals surface area contributed by atoms with Gasteiger partial charge in [-0.25, -0.2) is 0 Å². The van der Waals surface area contributed by atoms with Crippen LogP contribution in [0.2, 0.25) is 0 Å². The maximum atomic E-state index is 5.56. The minimum Gasteiger partial charge on any atom is -0.373 e. The van der Waals surface area contributed by atoms with Crippen molar-refractivity contribution >= 4 is 0 Å². The van der Waals surface area contributed by atoms with E-state index < -0.39 is 0 Å². The molecule has 2 rings (SSSR count). The highest BCUT2D eigenvalue weighted by molar-refractivity contribution is 5.26. The lowest BCUT2D eigenvalue weighted by atomic mass is 9.92. The van der Waals surface area contributed by atoms with Gasteiger partial charge in [-0.3, -0.25) is 0 Å². The third-order valence-corrected chi connectivity index (χ3v) is 2.49. The Hall–Kier alpha value is -1.08. The Balaban J connectivity index is 2.25. The van der Waals surface area contributed by atoms with E-state index in [1.807, 2.05) is 6.07 Å². The molecule has 0 radical (unpaired) electrons. The molecule has 0 bridgehead atoms. The average Bonchev–Trinajstić information content (AvgIpc) is 2.20. The molecule has 0 N–H and O–H groups in total. The monoisotopic (exact) mass is 174 g/mol. The predicted octanol–water partition coefficient (Wildman–Crippen LogP) is 2.75. The van der Waals surface area contributed by atoms with E-state index in [0.717, 1.165) is 6.61 Å². The summed E-state index contributed by atoms with van der Waals surface area (Å²) in [5, 5.41) is 0. The molecule has 0 amide bonds. The highest BCUT2D eigenvalue weighted by Gasteiger charge is 2.18. The van der Waals surface area contributed by atoms with Crippen LogP contribution in [0.1, 0.15) is 18.4 Å². The molecule has 2 atom stereocenters. The Morgan fingerprint density at radius 1 is 1.23 bits per heavy atom. The number of rotatable bonds is 1. The first kappa shape index (κ1) is 8.52. The van der Waals surface area contributed by atoms with E-state index in [2.05, 4.69) is 43.3 Å². The van der Waals surface area contributed by atoms with Crippen LogP contribution in [-0.4, -0.2) is 12.7 Å². The van der Waals surface area contributed by atoms with Crippen LogP contribution < -0.4 is 0 Å². The first-order valence-electron chi connectivity index (χ1n) is 4.71. The largest absolute Gasteiger partial charge is 0.373 e. The summed E-state index contributed by atoms with van der Waals surface area (Å²) < 4.78 is 5.56. The van der Waals surface area contributed by atoms with Gasteiger partial charge in [0.2, 0.25) is 0 Å². The zero-order valence-corrected chi connectivity index (χ0v) is 7.81. The fraction of sp³-hybridized carbons (Fsp3) is 0.333. The van der Waals surface area contributed by atoms with Crippen molar-refractivity contribution < 1.29 is 4.74 Å². The molecule has 0 aliphatic carbocycles. The lowest BCUT2D eigenvalue weighted by Crippen LogP contribution is -2.21. The topological polar surface area (TPSA) is 9.23 Å². The second-order valence-corrected chi connectivity index (χ2v) is 3.40. The molecule has 0 aromatic heterocycles. The molecule has 0 saturated heterocycles. The summed E-state index contributed by atoms with van der Waals surface area (Å²) in [6, 6.07) is 10.5. The van der Waals surface area contributed by atoms with Gasteiger partial charge in [-0.2, -0.15) is 0 Å². The smallest absolute Gasteiger partial charge is 0.0654 e. The predicted molar refractivity (Wildman–Crippen MR) is 53.7 cm³/mol. The fourth-order valence-electron chi connectivity index (χ4n) is 1.73. The second-order valence-electron chi connectivity index (χ2n) is 3.40. The Morgan fingerprint density at radius 3 is 2.69 bits per heavy atom. The molecule has 1 heterocycles. The highest BCUT2D eigenvalue weighted by atomic mass is 16.5. The molecule has 1 nitrogen and oxygen atoms in total. The quantitative estimate of drug-likeness (QED) is 0.595. The Bertz CT molecular complexity index is 289. The van der Waals surface area contributed by atoms with Crippen molar-refractivity contribution in [3.63, 3.8) is 0 Å². The van der Waals surface area contributed by atoms with Crippen LogP contribution in [0.15, 0.2) is 42.5 Å². The molecule has 68 valence electrons. The van der Waals surface area contributed by atoms with Gasteiger partial charge in [-0.05, 0) is 12.5 Å². The third kappa shape index (κ3) is 1.81. The third-order valence-electron chi connectivity index (χ3n) is 2.49. The van der Waals surface area contributed by atoms with Gasteiger partial charge < -0.3 is 4.74 Å². The average molecular weight is 174 g/mol. The Morgan fingerprint density at radius 2 is 2.00 bits per heavy atom. The minimum atomic E-state index is 0.299. The minimum absolute atomic E-state index is 0.299. The lowest BCUT2D eigenvalue weighted by molar-refractivity contribution is 0.0683. The summed E-state index contributed by atoms with van der Waals surface area (Å²) >= 11 is 0. The maximum absolute atomic E-state index is 5.56. The van der Waals surface area contributed by atoms with Crippen molar-refractivity contribution in [3.05, 3.63) is 48.0 Å². The van der Waals surface area contributed by atoms with Crippen molar-refractivity contribution in [2.24, 2.45) is 0 Å². The standard InChI is InChI=1S/C12H14O/c1-10-12(8-5-9-13-10)11-6-3-2-4-7-11/h2-8,10,12H,9H2,1H3/t10-,12+/m0/s1. The van der Waals surface area contributed by atoms with Gasteiger partial charge in [-0.15, -0.1) is 0 Å². The van der Waals surface area contributed by atoms with Gasteiger partial charge in [0.1, 0.15) is 0 Å². The molecule has 13 heavy (non-hydrogen) atoms. The van der Waals surface area contributed by atoms with E-state index in [1.165, 1.54) is 5.56 Å². The van der Waals surface area contributed by atoms with Crippen LogP contribution in [0.25, 0.3) is 0 Å². The summed E-state index contributed by atoms with van der Waals surface area (Å²) in [6.07, 6.45) is 4.63. The van der Waals surface area contributed by atoms with Crippen LogP contribution in [0.4, 0.5) is 0 Å². The zero-order chi connectivity index (χ0) is 9.10. The Labute approximate surface area is 79.0 Å². The molecule has 0 saturated carbocycles. The second kappa shape index (κ2) is 3.75.